The number of thioether (sulfide) groups is 1. The number of hydrogen-bond donors (Lipinski definition) is 2. The number of nitrogens with one attached hydrogen (secondary N) is 1. The lowest BCUT2D eigenvalue weighted by atomic mass is 10.2. The lowest BCUT2D eigenvalue weighted by Gasteiger charge is -2.24. The minimum absolute atomic E-state index is 0.0347. The third-order valence-electron chi connectivity index (χ3n) is 5.30. The molecule has 0 aromatic carbocycles. The molecule has 12 nitrogen and oxygen atoms in total. The lowest BCUT2D eigenvalue weighted by molar-refractivity contribution is -0.116. The number of aromatic amines is 1. The number of hydrogen-bond acceptors (Lipinski definition) is 9. The fraction of sp³-hybridized carbons (Fsp3) is 0.476. The van der Waals surface area contributed by atoms with Gasteiger partial charge in [0.05, 0.1) is 24.2 Å². The summed E-state index contributed by atoms with van der Waals surface area (Å²) in [6.07, 6.45) is 3.11. The van der Waals surface area contributed by atoms with Gasteiger partial charge in [-0.15, -0.1) is 10.2 Å². The van der Waals surface area contributed by atoms with Crippen molar-refractivity contribution in [2.45, 2.75) is 38.4 Å². The molecule has 0 aliphatic carbocycles. The number of methoxy groups -OCH3 is 1. The number of anilines is 2. The average Bonchev–Trinajstić information content (AvgIpc) is 3.38. The summed E-state index contributed by atoms with van der Waals surface area (Å²) in [4.78, 5) is 41.7. The van der Waals surface area contributed by atoms with Crippen molar-refractivity contribution in [3.8, 4) is 11.4 Å². The van der Waals surface area contributed by atoms with E-state index >= 15 is 0 Å². The monoisotopic (exact) mass is 491 g/mol. The van der Waals surface area contributed by atoms with Crippen LogP contribution in [0.25, 0.3) is 11.4 Å². The fourth-order valence-corrected chi connectivity index (χ4v) is 4.20. The van der Waals surface area contributed by atoms with Gasteiger partial charge in [0.1, 0.15) is 11.6 Å². The fourth-order valence-electron chi connectivity index (χ4n) is 3.42. The summed E-state index contributed by atoms with van der Waals surface area (Å²) >= 11 is 1.17. The molecule has 0 spiro atoms. The molecule has 3 aromatic rings. The van der Waals surface area contributed by atoms with Crippen LogP contribution in [0.4, 0.5) is 11.5 Å². The Labute approximate surface area is 200 Å². The first-order valence-electron chi connectivity index (χ1n) is 10.8. The second-order valence-corrected chi connectivity index (χ2v) is 8.52. The van der Waals surface area contributed by atoms with Crippen molar-refractivity contribution >= 4 is 29.2 Å². The Bertz CT molecular complexity index is 1260. The smallest absolute Gasteiger partial charge is 0.330 e. The van der Waals surface area contributed by atoms with Crippen molar-refractivity contribution in [3.05, 3.63) is 38.9 Å². The van der Waals surface area contributed by atoms with Crippen LogP contribution in [0.15, 0.2) is 31.5 Å². The van der Waals surface area contributed by atoms with Gasteiger partial charge in [0.25, 0.3) is 5.56 Å². The van der Waals surface area contributed by atoms with E-state index in [1.165, 1.54) is 28.3 Å². The van der Waals surface area contributed by atoms with E-state index in [1.807, 2.05) is 13.8 Å². The van der Waals surface area contributed by atoms with Gasteiger partial charge in [-0.05, 0) is 19.4 Å². The van der Waals surface area contributed by atoms with Crippen LogP contribution >= 0.6 is 11.8 Å². The molecule has 0 fully saturated rings. The highest BCUT2D eigenvalue weighted by Crippen LogP contribution is 2.26. The zero-order valence-corrected chi connectivity index (χ0v) is 20.5. The Morgan fingerprint density at radius 3 is 2.76 bits per heavy atom. The predicted octanol–water partition coefficient (Wildman–Crippen LogP) is 1.39. The summed E-state index contributed by atoms with van der Waals surface area (Å²) in [5.41, 5.74) is 5.63. The molecule has 0 aliphatic rings. The van der Waals surface area contributed by atoms with Gasteiger partial charge in [0.15, 0.2) is 16.7 Å². The number of H-pyrrole nitrogens is 1. The molecule has 0 atom stereocenters. The minimum Gasteiger partial charge on any atom is -0.469 e. The molecule has 34 heavy (non-hydrogen) atoms. The van der Waals surface area contributed by atoms with E-state index in [0.717, 1.165) is 12.0 Å². The molecule has 0 radical (unpaired) electrons. The number of aromatic nitrogens is 5. The number of ether oxygens (including phenoxy) is 1. The Balaban J connectivity index is 1.86. The minimum atomic E-state index is -0.721. The summed E-state index contributed by atoms with van der Waals surface area (Å²) in [6, 6.07) is 1.80. The topological polar surface area (TPSA) is 154 Å². The Hall–Kier alpha value is -3.32. The molecule has 0 bridgehead atoms. The van der Waals surface area contributed by atoms with Gasteiger partial charge in [0, 0.05) is 27.2 Å². The molecule has 3 heterocycles. The number of amides is 1. The number of furan rings is 1. The summed E-state index contributed by atoms with van der Waals surface area (Å²) in [5.74, 6) is 0.854. The van der Waals surface area contributed by atoms with E-state index in [9.17, 15) is 14.4 Å². The van der Waals surface area contributed by atoms with E-state index in [-0.39, 0.29) is 36.3 Å². The third-order valence-corrected chi connectivity index (χ3v) is 6.30. The molecule has 0 unspecified atom stereocenters. The van der Waals surface area contributed by atoms with E-state index in [2.05, 4.69) is 15.2 Å². The van der Waals surface area contributed by atoms with Gasteiger partial charge >= 0.3 is 5.69 Å². The van der Waals surface area contributed by atoms with Crippen molar-refractivity contribution in [3.63, 3.8) is 0 Å². The van der Waals surface area contributed by atoms with E-state index in [1.54, 1.807) is 23.9 Å². The second kappa shape index (κ2) is 11.2. The summed E-state index contributed by atoms with van der Waals surface area (Å²) in [5, 5.41) is 8.90. The van der Waals surface area contributed by atoms with Gasteiger partial charge < -0.3 is 24.4 Å². The maximum atomic E-state index is 13.2. The van der Waals surface area contributed by atoms with E-state index in [4.69, 9.17) is 14.9 Å². The van der Waals surface area contributed by atoms with Gasteiger partial charge in [0.2, 0.25) is 5.91 Å². The van der Waals surface area contributed by atoms with Crippen molar-refractivity contribution < 1.29 is 13.9 Å². The molecular formula is C21H29N7O5S. The summed E-state index contributed by atoms with van der Waals surface area (Å²) in [7, 11) is 3.29. The summed E-state index contributed by atoms with van der Waals surface area (Å²) in [6.45, 7) is 4.41. The van der Waals surface area contributed by atoms with Crippen molar-refractivity contribution in [1.29, 1.82) is 0 Å². The van der Waals surface area contributed by atoms with E-state index in [0.29, 0.717) is 29.7 Å². The summed E-state index contributed by atoms with van der Waals surface area (Å²) < 4.78 is 13.5. The Kier molecular flexibility index (Phi) is 8.34. The Morgan fingerprint density at radius 2 is 2.12 bits per heavy atom. The van der Waals surface area contributed by atoms with Crippen LogP contribution < -0.4 is 21.9 Å². The van der Waals surface area contributed by atoms with Gasteiger partial charge in [-0.25, -0.2) is 4.79 Å². The number of nitrogens with two attached hydrogens (primary N) is 1. The maximum Gasteiger partial charge on any atom is 0.330 e. The normalized spacial score (nSPS) is 11.2. The van der Waals surface area contributed by atoms with Crippen LogP contribution in [0.5, 0.6) is 0 Å². The first-order chi connectivity index (χ1) is 16.3. The number of nitrogen functional groups attached to an aromatic ring is 1. The Morgan fingerprint density at radius 1 is 1.35 bits per heavy atom. The second-order valence-electron chi connectivity index (χ2n) is 7.58. The molecule has 13 heteroatoms. The van der Waals surface area contributed by atoms with Gasteiger partial charge in [-0.1, -0.05) is 25.1 Å². The molecule has 0 saturated heterocycles. The number of rotatable bonds is 11. The number of carbonyl (C=O) groups excluding carboxylic acids is 1. The van der Waals surface area contributed by atoms with Gasteiger partial charge in [-0.3, -0.25) is 19.1 Å². The van der Waals surface area contributed by atoms with E-state index < -0.39 is 11.2 Å². The SMILES string of the molecule is CCCCn1c(N)c(N(CCOC)C(=O)CSc2nnc(-c3ccoc3C)n2C)c(=O)[nH]c1=O. The molecular weight excluding hydrogens is 462 g/mol. The molecule has 184 valence electrons. The highest BCUT2D eigenvalue weighted by molar-refractivity contribution is 7.99. The number of carbonyl (C=O) groups is 1. The average molecular weight is 492 g/mol. The van der Waals surface area contributed by atoms with Gasteiger partial charge in [-0.2, -0.15) is 0 Å². The van der Waals surface area contributed by atoms with Crippen molar-refractivity contribution in [1.82, 2.24) is 24.3 Å². The molecule has 1 amide bonds. The third kappa shape index (κ3) is 5.25. The molecule has 3 rings (SSSR count). The van der Waals surface area contributed by atoms with Crippen LogP contribution in [0, 0.1) is 6.92 Å². The highest BCUT2D eigenvalue weighted by atomic mass is 32.2. The number of aryl methyl sites for hydroxylation is 1. The molecule has 3 aromatic heterocycles. The highest BCUT2D eigenvalue weighted by Gasteiger charge is 2.25. The maximum absolute atomic E-state index is 13.2. The quantitative estimate of drug-likeness (QED) is 0.379. The van der Waals surface area contributed by atoms with Crippen molar-refractivity contribution in [2.75, 3.05) is 36.6 Å². The predicted molar refractivity (Wildman–Crippen MR) is 129 cm³/mol. The first-order valence-corrected chi connectivity index (χ1v) is 11.8. The standard InChI is InChI=1S/C21H29N7O5S/c1-5-6-8-28-17(22)16(19(30)23-20(28)31)27(9-11-32-4)15(29)12-34-21-25-24-18(26(21)3)14-7-10-33-13(14)2/h7,10H,5-6,8-9,11-12,22H2,1-4H3,(H,23,30,31). The van der Waals surface area contributed by atoms with Crippen LogP contribution in [0.3, 0.4) is 0 Å². The molecule has 3 N–H and O–H groups in total. The number of unbranched alkanes of at least 4 members (excludes halogenated alkanes) is 1. The lowest BCUT2D eigenvalue weighted by Crippen LogP contribution is -2.43. The molecule has 0 aliphatic heterocycles. The van der Waals surface area contributed by atoms with Crippen LogP contribution in [-0.2, 0) is 23.1 Å². The van der Waals surface area contributed by atoms with Crippen LogP contribution in [0.2, 0.25) is 0 Å². The largest absolute Gasteiger partial charge is 0.469 e. The van der Waals surface area contributed by atoms with Crippen molar-refractivity contribution in [2.24, 2.45) is 7.05 Å². The number of nitrogens with zero attached hydrogens (tertiary/aromatic N) is 5. The zero-order chi connectivity index (χ0) is 24.8. The zero-order valence-electron chi connectivity index (χ0n) is 19.7. The molecule has 0 saturated carbocycles. The van der Waals surface area contributed by atoms with Crippen LogP contribution in [0.1, 0.15) is 25.5 Å². The first kappa shape index (κ1) is 25.3. The van der Waals surface area contributed by atoms with Crippen LogP contribution in [-0.4, -0.2) is 56.2 Å².